The maximum Gasteiger partial charge on any atom is 0.227 e. The molecule has 1 aliphatic heterocycles. The predicted octanol–water partition coefficient (Wildman–Crippen LogP) is 1.42. The summed E-state index contributed by atoms with van der Waals surface area (Å²) in [5.74, 6) is 0.412. The summed E-state index contributed by atoms with van der Waals surface area (Å²) >= 11 is 0. The molecule has 0 aromatic heterocycles. The molecule has 1 saturated carbocycles. The second kappa shape index (κ2) is 4.37. The van der Waals surface area contributed by atoms with Crippen LogP contribution in [0, 0.1) is 5.92 Å². The van der Waals surface area contributed by atoms with Crippen molar-refractivity contribution in [3.63, 3.8) is 0 Å². The van der Waals surface area contributed by atoms with Gasteiger partial charge < -0.3 is 16.0 Å². The van der Waals surface area contributed by atoms with Crippen LogP contribution in [0.4, 0.5) is 11.4 Å². The number of benzene rings is 1. The van der Waals surface area contributed by atoms with Crippen molar-refractivity contribution in [1.82, 2.24) is 5.32 Å². The number of rotatable bonds is 4. The first kappa shape index (κ1) is 10.6. The largest absolute Gasteiger partial charge is 0.380 e. The molecule has 1 heterocycles. The Hall–Kier alpha value is -1.55. The maximum atomic E-state index is 11.6. The number of carbonyl (C=O) groups is 1. The smallest absolute Gasteiger partial charge is 0.227 e. The Morgan fingerprint density at radius 3 is 2.65 bits per heavy atom. The molecule has 2 aliphatic rings. The zero-order valence-corrected chi connectivity index (χ0v) is 9.70. The van der Waals surface area contributed by atoms with Crippen LogP contribution in [-0.2, 0) is 4.79 Å². The van der Waals surface area contributed by atoms with Gasteiger partial charge in [-0.1, -0.05) is 6.07 Å². The Kier molecular flexibility index (Phi) is 2.73. The molecule has 3 rings (SSSR count). The summed E-state index contributed by atoms with van der Waals surface area (Å²) in [5, 5.41) is 9.60. The molecular weight excluding hydrogens is 214 g/mol. The number of anilines is 2. The lowest BCUT2D eigenvalue weighted by molar-refractivity contribution is -0.117. The monoisotopic (exact) mass is 231 g/mol. The van der Waals surface area contributed by atoms with E-state index >= 15 is 0 Å². The molecule has 0 atom stereocenters. The minimum atomic E-state index is 0.160. The van der Waals surface area contributed by atoms with Gasteiger partial charge in [-0.3, -0.25) is 4.79 Å². The second-order valence-electron chi connectivity index (χ2n) is 4.84. The first-order chi connectivity index (χ1) is 8.31. The summed E-state index contributed by atoms with van der Waals surface area (Å²) in [6.07, 6.45) is 2.08. The van der Waals surface area contributed by atoms with E-state index in [1.165, 1.54) is 0 Å². The fraction of sp³-hybridized carbons (Fsp3) is 0.462. The first-order valence-corrected chi connectivity index (χ1v) is 6.19. The van der Waals surface area contributed by atoms with Crippen LogP contribution in [0.1, 0.15) is 12.8 Å². The first-order valence-electron chi connectivity index (χ1n) is 6.19. The summed E-state index contributed by atoms with van der Waals surface area (Å²) in [6.45, 7) is 2.03. The molecule has 0 bridgehead atoms. The molecule has 2 fully saturated rings. The van der Waals surface area contributed by atoms with Crippen LogP contribution in [0.15, 0.2) is 24.3 Å². The van der Waals surface area contributed by atoms with Crippen molar-refractivity contribution in [2.24, 2.45) is 5.92 Å². The molecule has 0 spiro atoms. The van der Waals surface area contributed by atoms with Crippen molar-refractivity contribution >= 4 is 17.3 Å². The van der Waals surface area contributed by atoms with Crippen LogP contribution < -0.4 is 16.0 Å². The van der Waals surface area contributed by atoms with Gasteiger partial charge in [-0.25, -0.2) is 0 Å². The minimum absolute atomic E-state index is 0.160. The summed E-state index contributed by atoms with van der Waals surface area (Å²) in [5.41, 5.74) is 1.96. The lowest BCUT2D eigenvalue weighted by Gasteiger charge is -2.29. The van der Waals surface area contributed by atoms with Crippen LogP contribution in [0.3, 0.4) is 0 Å². The summed E-state index contributed by atoms with van der Waals surface area (Å²) < 4.78 is 0. The number of amides is 1. The number of hydrogen-bond donors (Lipinski definition) is 3. The van der Waals surface area contributed by atoms with Gasteiger partial charge in [-0.15, -0.1) is 0 Å². The van der Waals surface area contributed by atoms with Gasteiger partial charge in [0.15, 0.2) is 0 Å². The molecule has 1 aromatic rings. The van der Waals surface area contributed by atoms with E-state index in [1.807, 2.05) is 24.3 Å². The molecule has 17 heavy (non-hydrogen) atoms. The van der Waals surface area contributed by atoms with Crippen molar-refractivity contribution < 1.29 is 4.79 Å². The fourth-order valence-corrected chi connectivity index (χ4v) is 1.90. The third-order valence-corrected chi connectivity index (χ3v) is 3.23. The molecule has 1 saturated heterocycles. The van der Waals surface area contributed by atoms with E-state index in [9.17, 15) is 4.79 Å². The predicted molar refractivity (Wildman–Crippen MR) is 68.1 cm³/mol. The normalized spacial score (nSPS) is 19.5. The number of hydrogen-bond acceptors (Lipinski definition) is 3. The van der Waals surface area contributed by atoms with Gasteiger partial charge in [0, 0.05) is 30.4 Å². The van der Waals surface area contributed by atoms with Crippen molar-refractivity contribution in [2.45, 2.75) is 18.9 Å². The standard InChI is InChI=1S/C13H17N3O/c17-13(9-4-5-9)16-11-3-1-2-10(6-11)15-12-7-14-8-12/h1-3,6,9,12,14-15H,4-5,7-8H2,(H,16,17). The zero-order valence-electron chi connectivity index (χ0n) is 9.70. The molecular formula is C13H17N3O. The topological polar surface area (TPSA) is 53.2 Å². The Balaban J connectivity index is 1.62. The van der Waals surface area contributed by atoms with Gasteiger partial charge in [-0.05, 0) is 31.0 Å². The van der Waals surface area contributed by atoms with Gasteiger partial charge in [-0.2, -0.15) is 0 Å². The SMILES string of the molecule is O=C(Nc1cccc(NC2CNC2)c1)C1CC1. The fourth-order valence-electron chi connectivity index (χ4n) is 1.90. The van der Waals surface area contributed by atoms with Gasteiger partial charge >= 0.3 is 0 Å². The van der Waals surface area contributed by atoms with Crippen LogP contribution in [0.2, 0.25) is 0 Å². The average molecular weight is 231 g/mol. The van der Waals surface area contributed by atoms with Crippen molar-refractivity contribution in [1.29, 1.82) is 0 Å². The van der Waals surface area contributed by atoms with Crippen molar-refractivity contribution in [3.05, 3.63) is 24.3 Å². The van der Waals surface area contributed by atoms with E-state index in [0.717, 1.165) is 37.3 Å². The number of carbonyl (C=O) groups excluding carboxylic acids is 1. The molecule has 0 unspecified atom stereocenters. The molecule has 4 nitrogen and oxygen atoms in total. The Bertz CT molecular complexity index is 424. The van der Waals surface area contributed by atoms with E-state index in [4.69, 9.17) is 0 Å². The average Bonchev–Trinajstić information content (AvgIpc) is 3.08. The van der Waals surface area contributed by atoms with Gasteiger partial charge in [0.25, 0.3) is 0 Å². The Morgan fingerprint density at radius 1 is 1.24 bits per heavy atom. The highest BCUT2D eigenvalue weighted by Gasteiger charge is 2.29. The number of nitrogens with one attached hydrogen (secondary N) is 3. The summed E-state index contributed by atoms with van der Waals surface area (Å²) in [4.78, 5) is 11.6. The molecule has 3 N–H and O–H groups in total. The van der Waals surface area contributed by atoms with E-state index in [2.05, 4.69) is 16.0 Å². The quantitative estimate of drug-likeness (QED) is 0.734. The molecule has 1 aliphatic carbocycles. The van der Waals surface area contributed by atoms with Crippen LogP contribution in [-0.4, -0.2) is 25.0 Å². The Morgan fingerprint density at radius 2 is 2.00 bits per heavy atom. The lowest BCUT2D eigenvalue weighted by Crippen LogP contribution is -2.51. The van der Waals surface area contributed by atoms with Crippen molar-refractivity contribution in [3.8, 4) is 0 Å². The zero-order chi connectivity index (χ0) is 11.7. The van der Waals surface area contributed by atoms with E-state index in [0.29, 0.717) is 6.04 Å². The second-order valence-corrected chi connectivity index (χ2v) is 4.84. The molecule has 4 heteroatoms. The lowest BCUT2D eigenvalue weighted by atomic mass is 10.1. The van der Waals surface area contributed by atoms with Crippen molar-refractivity contribution in [2.75, 3.05) is 23.7 Å². The third kappa shape index (κ3) is 2.58. The summed E-state index contributed by atoms with van der Waals surface area (Å²) in [7, 11) is 0. The molecule has 90 valence electrons. The highest BCUT2D eigenvalue weighted by molar-refractivity contribution is 5.94. The highest BCUT2D eigenvalue weighted by atomic mass is 16.2. The molecule has 1 aromatic carbocycles. The summed E-state index contributed by atoms with van der Waals surface area (Å²) in [6, 6.07) is 8.45. The molecule has 0 radical (unpaired) electrons. The van der Waals surface area contributed by atoms with Gasteiger partial charge in [0.2, 0.25) is 5.91 Å². The third-order valence-electron chi connectivity index (χ3n) is 3.23. The van der Waals surface area contributed by atoms with Gasteiger partial charge in [0.1, 0.15) is 0 Å². The minimum Gasteiger partial charge on any atom is -0.380 e. The van der Waals surface area contributed by atoms with E-state index in [1.54, 1.807) is 0 Å². The Labute approximate surface area is 101 Å². The van der Waals surface area contributed by atoms with Crippen LogP contribution >= 0.6 is 0 Å². The maximum absolute atomic E-state index is 11.6. The molecule has 1 amide bonds. The highest BCUT2D eigenvalue weighted by Crippen LogP contribution is 2.30. The van der Waals surface area contributed by atoms with Crippen LogP contribution in [0.25, 0.3) is 0 Å². The van der Waals surface area contributed by atoms with E-state index in [-0.39, 0.29) is 11.8 Å². The van der Waals surface area contributed by atoms with Crippen LogP contribution in [0.5, 0.6) is 0 Å². The van der Waals surface area contributed by atoms with E-state index < -0.39 is 0 Å². The van der Waals surface area contributed by atoms with Gasteiger partial charge in [0.05, 0.1) is 6.04 Å².